The Balaban J connectivity index is 1.99. The van der Waals surface area contributed by atoms with E-state index in [1.54, 1.807) is 0 Å². The molecule has 37 heavy (non-hydrogen) atoms. The summed E-state index contributed by atoms with van der Waals surface area (Å²) < 4.78 is 7.46. The molecule has 3 rings (SSSR count). The van der Waals surface area contributed by atoms with Gasteiger partial charge in [-0.2, -0.15) is 0 Å². The summed E-state index contributed by atoms with van der Waals surface area (Å²) in [5, 5.41) is 2.54. The summed E-state index contributed by atoms with van der Waals surface area (Å²) in [4.78, 5) is 11.3. The summed E-state index contributed by atoms with van der Waals surface area (Å²) >= 11 is 0. The van der Waals surface area contributed by atoms with Crippen LogP contribution in [-0.2, 0) is 4.43 Å². The van der Waals surface area contributed by atoms with Crippen LogP contribution in [0.3, 0.4) is 0 Å². The molecule has 0 aliphatic heterocycles. The third-order valence-corrected chi connectivity index (χ3v) is 12.2. The lowest BCUT2D eigenvalue weighted by atomic mass is 10.1. The average molecular weight is 513 g/mol. The predicted octanol–water partition coefficient (Wildman–Crippen LogP) is 8.21. The second-order valence-corrected chi connectivity index (χ2v) is 15.3. The number of hydrogen-bond acceptors (Lipinski definition) is 2. The van der Waals surface area contributed by atoms with Crippen molar-refractivity contribution in [3.8, 4) is 0 Å². The third-order valence-electron chi connectivity index (χ3n) is 7.14. The van der Waals surface area contributed by atoms with E-state index in [0.717, 1.165) is 24.7 Å². The van der Waals surface area contributed by atoms with Gasteiger partial charge < -0.3 is 4.43 Å². The molecular weight excluding hydrogens is 468 g/mol. The van der Waals surface area contributed by atoms with Crippen LogP contribution in [-0.4, -0.2) is 20.7 Å². The van der Waals surface area contributed by atoms with Gasteiger partial charge in [-0.3, -0.25) is 4.79 Å². The fourth-order valence-electron chi connectivity index (χ4n) is 5.19. The Kier molecular flexibility index (Phi) is 11.1. The maximum absolute atomic E-state index is 11.3. The van der Waals surface area contributed by atoms with E-state index in [0.29, 0.717) is 5.56 Å². The minimum absolute atomic E-state index is 0.0163. The van der Waals surface area contributed by atoms with Gasteiger partial charge in [-0.1, -0.05) is 157 Å². The zero-order chi connectivity index (χ0) is 26.6. The van der Waals surface area contributed by atoms with Crippen molar-refractivity contribution in [1.82, 2.24) is 0 Å². The highest BCUT2D eigenvalue weighted by Gasteiger charge is 2.51. The molecule has 0 aliphatic carbocycles. The van der Waals surface area contributed by atoms with Crippen molar-refractivity contribution >= 4 is 31.1 Å². The van der Waals surface area contributed by atoms with Crippen molar-refractivity contribution in [2.45, 2.75) is 83.8 Å². The molecule has 3 heteroatoms. The number of benzene rings is 3. The van der Waals surface area contributed by atoms with Crippen LogP contribution in [0.15, 0.2) is 91.0 Å². The van der Waals surface area contributed by atoms with E-state index in [1.165, 1.54) is 42.5 Å². The number of carbonyl (C=O) groups is 1. The lowest BCUT2D eigenvalue weighted by molar-refractivity contribution is 0.112. The van der Waals surface area contributed by atoms with E-state index in [-0.39, 0.29) is 11.1 Å². The first-order valence-corrected chi connectivity index (χ1v) is 15.8. The van der Waals surface area contributed by atoms with Gasteiger partial charge in [0.1, 0.15) is 6.29 Å². The predicted molar refractivity (Wildman–Crippen MR) is 161 cm³/mol. The van der Waals surface area contributed by atoms with E-state index in [4.69, 9.17) is 4.43 Å². The number of carbonyl (C=O) groups excluding carboxylic acids is 1. The summed E-state index contributed by atoms with van der Waals surface area (Å²) in [7, 11) is -2.66. The van der Waals surface area contributed by atoms with Crippen LogP contribution in [0.2, 0.25) is 5.04 Å². The molecule has 0 aromatic heterocycles. The van der Waals surface area contributed by atoms with Crippen LogP contribution in [0, 0.1) is 0 Å². The van der Waals surface area contributed by atoms with Gasteiger partial charge in [0.05, 0.1) is 6.10 Å². The van der Waals surface area contributed by atoms with Gasteiger partial charge in [0, 0.05) is 5.56 Å². The fraction of sp³-hybridized carbons (Fsp3) is 0.382. The van der Waals surface area contributed by atoms with Gasteiger partial charge in [0.15, 0.2) is 0 Å². The minimum Gasteiger partial charge on any atom is -0.401 e. The van der Waals surface area contributed by atoms with E-state index in [1.807, 2.05) is 24.3 Å². The Bertz CT molecular complexity index is 1060. The Morgan fingerprint density at radius 1 is 0.757 bits per heavy atom. The normalized spacial score (nSPS) is 13.1. The molecule has 0 bridgehead atoms. The highest BCUT2D eigenvalue weighted by molar-refractivity contribution is 6.99. The summed E-state index contributed by atoms with van der Waals surface area (Å²) in [6.45, 7) is 9.26. The van der Waals surface area contributed by atoms with Crippen molar-refractivity contribution < 1.29 is 9.22 Å². The standard InChI is InChI=1S/C34H44O2Si/c1-5-6-7-8-9-12-20-31(26-25-29-18-17-19-30(27-29)28-35)36-37(34(2,3)4,32-21-13-10-14-22-32)33-23-15-11-16-24-33/h10-11,13-19,21-28,31H,5-9,12,20H2,1-4H3/b26-25+. The van der Waals surface area contributed by atoms with Crippen molar-refractivity contribution in [1.29, 1.82) is 0 Å². The first-order valence-electron chi connectivity index (χ1n) is 13.9. The molecule has 0 saturated carbocycles. The zero-order valence-corrected chi connectivity index (χ0v) is 24.2. The van der Waals surface area contributed by atoms with Crippen LogP contribution < -0.4 is 10.4 Å². The molecule has 0 saturated heterocycles. The van der Waals surface area contributed by atoms with Crippen LogP contribution in [0.1, 0.15) is 88.6 Å². The number of hydrogen-bond donors (Lipinski definition) is 0. The molecule has 1 atom stereocenters. The van der Waals surface area contributed by atoms with Crippen molar-refractivity contribution in [2.75, 3.05) is 0 Å². The van der Waals surface area contributed by atoms with Crippen LogP contribution in [0.5, 0.6) is 0 Å². The second-order valence-electron chi connectivity index (χ2n) is 11.0. The van der Waals surface area contributed by atoms with Crippen molar-refractivity contribution in [3.05, 3.63) is 102 Å². The van der Waals surface area contributed by atoms with Gasteiger partial charge in [0.25, 0.3) is 8.32 Å². The lowest BCUT2D eigenvalue weighted by Crippen LogP contribution is -2.67. The smallest absolute Gasteiger partial charge is 0.261 e. The van der Waals surface area contributed by atoms with Gasteiger partial charge >= 0.3 is 0 Å². The van der Waals surface area contributed by atoms with Crippen LogP contribution >= 0.6 is 0 Å². The Hall–Kier alpha value is -2.75. The molecule has 1 unspecified atom stereocenters. The van der Waals surface area contributed by atoms with E-state index in [9.17, 15) is 4.79 Å². The van der Waals surface area contributed by atoms with E-state index < -0.39 is 8.32 Å². The molecule has 0 amide bonds. The second kappa shape index (κ2) is 14.3. The van der Waals surface area contributed by atoms with Crippen LogP contribution in [0.25, 0.3) is 6.08 Å². The fourth-order valence-corrected chi connectivity index (χ4v) is 9.86. The monoisotopic (exact) mass is 512 g/mol. The van der Waals surface area contributed by atoms with Gasteiger partial charge in [0.2, 0.25) is 0 Å². The molecule has 2 nitrogen and oxygen atoms in total. The number of rotatable bonds is 14. The highest BCUT2D eigenvalue weighted by atomic mass is 28.4. The van der Waals surface area contributed by atoms with Crippen molar-refractivity contribution in [3.63, 3.8) is 0 Å². The molecule has 196 valence electrons. The topological polar surface area (TPSA) is 26.3 Å². The Morgan fingerprint density at radius 2 is 1.32 bits per heavy atom. The quantitative estimate of drug-likeness (QED) is 0.124. The Morgan fingerprint density at radius 3 is 1.89 bits per heavy atom. The van der Waals surface area contributed by atoms with Crippen LogP contribution in [0.4, 0.5) is 0 Å². The van der Waals surface area contributed by atoms with Gasteiger partial charge in [-0.25, -0.2) is 0 Å². The molecule has 0 N–H and O–H groups in total. The third kappa shape index (κ3) is 7.86. The highest BCUT2D eigenvalue weighted by Crippen LogP contribution is 2.38. The summed E-state index contributed by atoms with van der Waals surface area (Å²) in [6, 6.07) is 29.5. The van der Waals surface area contributed by atoms with E-state index in [2.05, 4.69) is 101 Å². The maximum Gasteiger partial charge on any atom is 0.261 e. The summed E-state index contributed by atoms with van der Waals surface area (Å²) in [5.74, 6) is 0. The molecule has 0 spiro atoms. The molecule has 3 aromatic rings. The Labute approximate surface area is 225 Å². The molecular formula is C34H44O2Si. The van der Waals surface area contributed by atoms with E-state index >= 15 is 0 Å². The van der Waals surface area contributed by atoms with Gasteiger partial charge in [-0.05, 0) is 33.5 Å². The SMILES string of the molecule is CCCCCCCCC(/C=C/c1cccc(C=O)c1)O[Si](c1ccccc1)(c1ccccc1)C(C)(C)C. The minimum atomic E-state index is -2.66. The number of aldehydes is 1. The zero-order valence-electron chi connectivity index (χ0n) is 23.2. The average Bonchev–Trinajstić information content (AvgIpc) is 2.92. The lowest BCUT2D eigenvalue weighted by Gasteiger charge is -2.45. The maximum atomic E-state index is 11.3. The molecule has 0 radical (unpaired) electrons. The largest absolute Gasteiger partial charge is 0.401 e. The van der Waals surface area contributed by atoms with Crippen molar-refractivity contribution in [2.24, 2.45) is 0 Å². The summed E-state index contributed by atoms with van der Waals surface area (Å²) in [6.07, 6.45) is 13.8. The molecule has 0 heterocycles. The first kappa shape index (κ1) is 28.8. The summed E-state index contributed by atoms with van der Waals surface area (Å²) in [5.41, 5.74) is 1.73. The molecule has 3 aromatic carbocycles. The first-order chi connectivity index (χ1) is 17.9. The number of unbranched alkanes of at least 4 members (excludes halogenated alkanes) is 5. The molecule has 0 aliphatic rings. The van der Waals surface area contributed by atoms with Gasteiger partial charge in [-0.15, -0.1) is 0 Å². The molecule has 0 fully saturated rings.